The Morgan fingerprint density at radius 3 is 2.24 bits per heavy atom. The number of rotatable bonds is 4. The molecule has 0 radical (unpaired) electrons. The number of nitrogens with zero attached hydrogens (tertiary/aromatic N) is 5. The zero-order chi connectivity index (χ0) is 29.8. The molecule has 5 rings (SSSR count). The van der Waals surface area contributed by atoms with E-state index in [-0.39, 0.29) is 5.91 Å². The Balaban J connectivity index is 0.000000493. The van der Waals surface area contributed by atoms with Crippen molar-refractivity contribution in [2.24, 2.45) is 5.41 Å². The summed E-state index contributed by atoms with van der Waals surface area (Å²) in [6, 6.07) is 14.3. The van der Waals surface area contributed by atoms with Crippen LogP contribution in [0.4, 0.5) is 30.4 Å². The number of hydrogen-bond acceptors (Lipinski definition) is 7. The number of aliphatic carboxylic acids is 1. The Bertz CT molecular complexity index is 1510. The third kappa shape index (κ3) is 7.29. The van der Waals surface area contributed by atoms with Crippen LogP contribution in [0.5, 0.6) is 0 Å². The smallest absolute Gasteiger partial charge is 0.475 e. The summed E-state index contributed by atoms with van der Waals surface area (Å²) in [5.74, 6) is -1.78. The SMILES string of the molecule is CC(C)(C)C(=O)Nc1cccc(N2CCN(c3ncnc4ccc(-c5cn[nH]c5)cc34)CC2)c1.O=C(O)C(F)(F)F. The van der Waals surface area contributed by atoms with Gasteiger partial charge in [-0.3, -0.25) is 9.89 Å². The van der Waals surface area contributed by atoms with Crippen molar-refractivity contribution < 1.29 is 27.9 Å². The first kappa shape index (κ1) is 29.3. The van der Waals surface area contributed by atoms with Gasteiger partial charge in [-0.15, -0.1) is 0 Å². The third-order valence-electron chi connectivity index (χ3n) is 6.42. The van der Waals surface area contributed by atoms with Gasteiger partial charge in [0, 0.05) is 60.1 Å². The van der Waals surface area contributed by atoms with E-state index < -0.39 is 17.6 Å². The summed E-state index contributed by atoms with van der Waals surface area (Å²) in [7, 11) is 0. The molecule has 1 aliphatic heterocycles. The van der Waals surface area contributed by atoms with E-state index in [1.54, 1.807) is 6.33 Å². The maximum Gasteiger partial charge on any atom is 0.490 e. The molecule has 0 atom stereocenters. The van der Waals surface area contributed by atoms with E-state index in [0.717, 1.165) is 65.4 Å². The number of piperazine rings is 1. The number of aromatic amines is 1. The second-order valence-corrected chi connectivity index (χ2v) is 10.4. The van der Waals surface area contributed by atoms with Crippen LogP contribution in [0.15, 0.2) is 61.2 Å². The molecule has 4 aromatic rings. The second kappa shape index (κ2) is 11.8. The Morgan fingerprint density at radius 2 is 1.63 bits per heavy atom. The number of halogens is 3. The van der Waals surface area contributed by atoms with E-state index in [1.807, 2.05) is 51.4 Å². The van der Waals surface area contributed by atoms with Gasteiger partial charge in [0.15, 0.2) is 0 Å². The number of fused-ring (bicyclic) bond motifs is 1. The molecule has 10 nitrogen and oxygen atoms in total. The maximum atomic E-state index is 12.4. The van der Waals surface area contributed by atoms with Crippen molar-refractivity contribution in [2.75, 3.05) is 41.3 Å². The summed E-state index contributed by atoms with van der Waals surface area (Å²) in [5, 5.41) is 18.1. The molecule has 2 aromatic carbocycles. The summed E-state index contributed by atoms with van der Waals surface area (Å²) in [4.78, 5) is 35.1. The van der Waals surface area contributed by atoms with Crippen LogP contribution in [-0.4, -0.2) is 69.5 Å². The first-order valence-corrected chi connectivity index (χ1v) is 12.8. The zero-order valence-corrected chi connectivity index (χ0v) is 22.7. The van der Waals surface area contributed by atoms with Crippen molar-refractivity contribution in [3.8, 4) is 11.1 Å². The fourth-order valence-corrected chi connectivity index (χ4v) is 4.16. The number of nitrogens with one attached hydrogen (secondary N) is 2. The average Bonchev–Trinajstić information content (AvgIpc) is 3.47. The molecule has 13 heteroatoms. The number of carbonyl (C=O) groups excluding carboxylic acids is 1. The largest absolute Gasteiger partial charge is 0.490 e. The van der Waals surface area contributed by atoms with E-state index in [0.29, 0.717) is 0 Å². The highest BCUT2D eigenvalue weighted by Gasteiger charge is 2.38. The number of alkyl halides is 3. The van der Waals surface area contributed by atoms with Gasteiger partial charge in [0.1, 0.15) is 12.1 Å². The standard InChI is InChI=1S/C26H29N7O.C2HF3O2/c1-26(2,3)25(34)31-20-5-4-6-21(14-20)32-9-11-33(12-10-32)24-22-13-18(19-15-29-30-16-19)7-8-23(22)27-17-28-24;3-2(4,5)1(6)7/h4-8,13-17H,9-12H2,1-3H3,(H,29,30)(H,31,34);(H,6,7). The Hall–Kier alpha value is -4.68. The molecule has 3 heterocycles. The predicted molar refractivity (Wildman–Crippen MR) is 150 cm³/mol. The molecule has 0 unspecified atom stereocenters. The molecule has 0 aliphatic carbocycles. The van der Waals surface area contributed by atoms with Gasteiger partial charge in [0.2, 0.25) is 5.91 Å². The molecule has 0 bridgehead atoms. The molecule has 3 N–H and O–H groups in total. The lowest BCUT2D eigenvalue weighted by atomic mass is 9.95. The van der Waals surface area contributed by atoms with Crippen molar-refractivity contribution in [1.82, 2.24) is 20.2 Å². The number of carboxylic acids is 1. The minimum absolute atomic E-state index is 0.0138. The van der Waals surface area contributed by atoms with Crippen LogP contribution in [0.3, 0.4) is 0 Å². The van der Waals surface area contributed by atoms with Crippen molar-refractivity contribution >= 4 is 40.0 Å². The van der Waals surface area contributed by atoms with Crippen LogP contribution in [0.25, 0.3) is 22.0 Å². The van der Waals surface area contributed by atoms with Crippen LogP contribution < -0.4 is 15.1 Å². The number of carbonyl (C=O) groups is 2. The molecular weight excluding hydrogens is 539 g/mol. The van der Waals surface area contributed by atoms with Gasteiger partial charge in [-0.05, 0) is 35.9 Å². The van der Waals surface area contributed by atoms with Gasteiger partial charge in [-0.25, -0.2) is 14.8 Å². The van der Waals surface area contributed by atoms with Gasteiger partial charge in [0.05, 0.1) is 11.7 Å². The number of anilines is 3. The third-order valence-corrected chi connectivity index (χ3v) is 6.42. The highest BCUT2D eigenvalue weighted by Crippen LogP contribution is 2.30. The minimum atomic E-state index is -5.08. The fraction of sp³-hybridized carbons (Fsp3) is 0.321. The van der Waals surface area contributed by atoms with Crippen molar-refractivity contribution in [3.63, 3.8) is 0 Å². The lowest BCUT2D eigenvalue weighted by Crippen LogP contribution is -2.47. The summed E-state index contributed by atoms with van der Waals surface area (Å²) in [5.41, 5.74) is 4.57. The average molecular weight is 570 g/mol. The van der Waals surface area contributed by atoms with Gasteiger partial charge in [-0.2, -0.15) is 18.3 Å². The van der Waals surface area contributed by atoms with Gasteiger partial charge in [-0.1, -0.05) is 32.9 Å². The van der Waals surface area contributed by atoms with E-state index in [9.17, 15) is 18.0 Å². The summed E-state index contributed by atoms with van der Waals surface area (Å²) >= 11 is 0. The highest BCUT2D eigenvalue weighted by atomic mass is 19.4. The number of benzene rings is 2. The van der Waals surface area contributed by atoms with Crippen molar-refractivity contribution in [3.05, 3.63) is 61.2 Å². The molecule has 1 amide bonds. The van der Waals surface area contributed by atoms with Crippen LogP contribution >= 0.6 is 0 Å². The summed E-state index contributed by atoms with van der Waals surface area (Å²) in [6.45, 7) is 9.18. The van der Waals surface area contributed by atoms with Gasteiger partial charge >= 0.3 is 12.1 Å². The molecule has 1 aliphatic rings. The molecule has 1 saturated heterocycles. The van der Waals surface area contributed by atoms with E-state index in [1.165, 1.54) is 0 Å². The maximum absolute atomic E-state index is 12.4. The number of carboxylic acid groups (broad SMARTS) is 1. The molecule has 0 saturated carbocycles. The van der Waals surface area contributed by atoms with Crippen molar-refractivity contribution in [1.29, 1.82) is 0 Å². The lowest BCUT2D eigenvalue weighted by molar-refractivity contribution is -0.192. The molecule has 41 heavy (non-hydrogen) atoms. The zero-order valence-electron chi connectivity index (χ0n) is 22.7. The Morgan fingerprint density at radius 1 is 0.951 bits per heavy atom. The normalized spacial score (nSPS) is 13.9. The first-order valence-electron chi connectivity index (χ1n) is 12.8. The fourth-order valence-electron chi connectivity index (χ4n) is 4.16. The molecular formula is C28H30F3N7O3. The minimum Gasteiger partial charge on any atom is -0.475 e. The van der Waals surface area contributed by atoms with E-state index in [4.69, 9.17) is 9.90 Å². The molecule has 2 aromatic heterocycles. The Kier molecular flexibility index (Phi) is 8.45. The highest BCUT2D eigenvalue weighted by molar-refractivity contribution is 5.95. The van der Waals surface area contributed by atoms with Gasteiger partial charge in [0.25, 0.3) is 0 Å². The summed E-state index contributed by atoms with van der Waals surface area (Å²) < 4.78 is 31.7. The first-order chi connectivity index (χ1) is 19.3. The van der Waals surface area contributed by atoms with Crippen LogP contribution in [0.2, 0.25) is 0 Å². The number of aromatic nitrogens is 4. The van der Waals surface area contributed by atoms with E-state index >= 15 is 0 Å². The van der Waals surface area contributed by atoms with E-state index in [2.05, 4.69) is 59.5 Å². The monoisotopic (exact) mass is 569 g/mol. The lowest BCUT2D eigenvalue weighted by Gasteiger charge is -2.37. The van der Waals surface area contributed by atoms with Gasteiger partial charge < -0.3 is 20.2 Å². The van der Waals surface area contributed by atoms with Crippen molar-refractivity contribution in [2.45, 2.75) is 26.9 Å². The van der Waals surface area contributed by atoms with Crippen LogP contribution in [0, 0.1) is 5.41 Å². The number of H-pyrrole nitrogens is 1. The quantitative estimate of drug-likeness (QED) is 0.315. The molecule has 1 fully saturated rings. The molecule has 0 spiro atoms. The van der Waals surface area contributed by atoms with Crippen LogP contribution in [0.1, 0.15) is 20.8 Å². The number of hydrogen-bond donors (Lipinski definition) is 3. The predicted octanol–water partition coefficient (Wildman–Crippen LogP) is 4.96. The van der Waals surface area contributed by atoms with Crippen LogP contribution in [-0.2, 0) is 9.59 Å². The number of amides is 1. The summed E-state index contributed by atoms with van der Waals surface area (Å²) in [6.07, 6.45) is 0.270. The Labute approximate surface area is 234 Å². The topological polar surface area (TPSA) is 127 Å². The molecule has 216 valence electrons. The second-order valence-electron chi connectivity index (χ2n) is 10.4.